The molecule has 5 nitrogen and oxygen atoms in total. The molecule has 0 spiro atoms. The van der Waals surface area contributed by atoms with Crippen molar-refractivity contribution in [2.24, 2.45) is 0 Å². The Bertz CT molecular complexity index is 538. The zero-order chi connectivity index (χ0) is 15.3. The van der Waals surface area contributed by atoms with Crippen LogP contribution in [-0.4, -0.2) is 24.6 Å². The summed E-state index contributed by atoms with van der Waals surface area (Å²) < 4.78 is 42.8. The number of ether oxygens (including phenoxy) is 1. The van der Waals surface area contributed by atoms with Gasteiger partial charge in [-0.25, -0.2) is 4.79 Å². The van der Waals surface area contributed by atoms with Gasteiger partial charge < -0.3 is 15.0 Å². The first kappa shape index (κ1) is 16.1. The average molecular weight is 292 g/mol. The van der Waals surface area contributed by atoms with Crippen molar-refractivity contribution in [3.8, 4) is 0 Å². The summed E-state index contributed by atoms with van der Waals surface area (Å²) in [6.45, 7) is 1.99. The number of alkyl halides is 3. The van der Waals surface area contributed by atoms with Crippen molar-refractivity contribution in [2.45, 2.75) is 25.9 Å². The molecular formula is C12H15F3N2O3. The van der Waals surface area contributed by atoms with Crippen LogP contribution in [0, 0.1) is 0 Å². The molecule has 0 saturated carbocycles. The summed E-state index contributed by atoms with van der Waals surface area (Å²) in [4.78, 5) is 25.0. The highest BCUT2D eigenvalue weighted by molar-refractivity contribution is 5.94. The third-order valence-electron chi connectivity index (χ3n) is 2.55. The van der Waals surface area contributed by atoms with Crippen LogP contribution in [0.4, 0.5) is 19.0 Å². The van der Waals surface area contributed by atoms with Crippen LogP contribution in [0.2, 0.25) is 0 Å². The summed E-state index contributed by atoms with van der Waals surface area (Å²) in [7, 11) is 1.38. The molecule has 0 unspecified atom stereocenters. The monoisotopic (exact) mass is 292 g/mol. The Balaban J connectivity index is 3.17. The van der Waals surface area contributed by atoms with E-state index in [2.05, 4.69) is 5.32 Å². The first-order valence-electron chi connectivity index (χ1n) is 6.00. The van der Waals surface area contributed by atoms with Crippen LogP contribution in [0.3, 0.4) is 0 Å². The number of aromatic amines is 1. The number of unbranched alkanes of at least 4 members (excludes halogenated alkanes) is 1. The van der Waals surface area contributed by atoms with Crippen molar-refractivity contribution in [1.82, 2.24) is 4.98 Å². The lowest BCUT2D eigenvalue weighted by Gasteiger charge is -2.12. The van der Waals surface area contributed by atoms with Crippen LogP contribution >= 0.6 is 0 Å². The minimum Gasteiger partial charge on any atom is -0.462 e. The quantitative estimate of drug-likeness (QED) is 0.645. The molecule has 0 aliphatic heterocycles. The minimum absolute atomic E-state index is 0.107. The molecule has 0 amide bonds. The Morgan fingerprint density at radius 1 is 1.45 bits per heavy atom. The number of nitrogens with one attached hydrogen (secondary N) is 2. The fraction of sp³-hybridized carbons (Fsp3) is 0.500. The van der Waals surface area contributed by atoms with Gasteiger partial charge in [-0.3, -0.25) is 4.79 Å². The molecule has 0 atom stereocenters. The fourth-order valence-electron chi connectivity index (χ4n) is 1.49. The maximum absolute atomic E-state index is 12.6. The number of anilines is 1. The van der Waals surface area contributed by atoms with Crippen LogP contribution in [0.25, 0.3) is 0 Å². The van der Waals surface area contributed by atoms with E-state index in [1.807, 2.05) is 11.9 Å². The first-order chi connectivity index (χ1) is 9.31. The molecule has 1 heterocycles. The molecule has 112 valence electrons. The molecule has 0 radical (unpaired) electrons. The third kappa shape index (κ3) is 3.75. The van der Waals surface area contributed by atoms with Crippen molar-refractivity contribution in [3.05, 3.63) is 27.5 Å². The number of pyridine rings is 1. The summed E-state index contributed by atoms with van der Waals surface area (Å²) in [5, 5.41) is 2.46. The second-order valence-corrected chi connectivity index (χ2v) is 4.04. The SMILES string of the molecule is CCCCOC(=O)c1cc(C(F)(F)F)c(=O)[nH]c1NC. The zero-order valence-corrected chi connectivity index (χ0v) is 11.1. The second kappa shape index (κ2) is 6.44. The van der Waals surface area contributed by atoms with Crippen molar-refractivity contribution < 1.29 is 22.7 Å². The summed E-state index contributed by atoms with van der Waals surface area (Å²) >= 11 is 0. The molecule has 2 N–H and O–H groups in total. The Hall–Kier alpha value is -1.99. The maximum Gasteiger partial charge on any atom is 0.421 e. The van der Waals surface area contributed by atoms with E-state index < -0.39 is 23.3 Å². The second-order valence-electron chi connectivity index (χ2n) is 4.04. The van der Waals surface area contributed by atoms with E-state index in [4.69, 9.17) is 4.74 Å². The van der Waals surface area contributed by atoms with Gasteiger partial charge in [-0.2, -0.15) is 13.2 Å². The Labute approximate surface area is 113 Å². The van der Waals surface area contributed by atoms with Gasteiger partial charge in [-0.05, 0) is 12.5 Å². The van der Waals surface area contributed by atoms with Gasteiger partial charge >= 0.3 is 12.1 Å². The molecule has 8 heteroatoms. The van der Waals surface area contributed by atoms with Crippen molar-refractivity contribution in [2.75, 3.05) is 19.0 Å². The first-order valence-corrected chi connectivity index (χ1v) is 6.00. The van der Waals surface area contributed by atoms with E-state index in [9.17, 15) is 22.8 Å². The average Bonchev–Trinajstić information content (AvgIpc) is 2.36. The molecule has 1 aromatic rings. The molecule has 0 bridgehead atoms. The van der Waals surface area contributed by atoms with Gasteiger partial charge in [0.25, 0.3) is 5.56 Å². The number of hydrogen-bond acceptors (Lipinski definition) is 4. The highest BCUT2D eigenvalue weighted by Crippen LogP contribution is 2.28. The smallest absolute Gasteiger partial charge is 0.421 e. The molecule has 20 heavy (non-hydrogen) atoms. The molecule has 0 saturated heterocycles. The topological polar surface area (TPSA) is 71.2 Å². The number of carbonyl (C=O) groups excluding carboxylic acids is 1. The standard InChI is InChI=1S/C12H15F3N2O3/c1-3-4-5-20-11(19)7-6-8(12(13,14)15)10(18)17-9(7)16-2/h6H,3-5H2,1-2H3,(H2,16,17,18). The molecule has 0 fully saturated rings. The van der Waals surface area contributed by atoms with Gasteiger partial charge in [-0.1, -0.05) is 13.3 Å². The number of esters is 1. The minimum atomic E-state index is -4.84. The predicted octanol–water partition coefficient (Wildman–Crippen LogP) is 2.39. The van der Waals surface area contributed by atoms with Gasteiger partial charge in [0.05, 0.1) is 6.61 Å². The molecule has 1 rings (SSSR count). The van der Waals surface area contributed by atoms with E-state index in [-0.39, 0.29) is 18.0 Å². The Kier molecular flexibility index (Phi) is 5.18. The number of carbonyl (C=O) groups is 1. The van der Waals surface area contributed by atoms with E-state index in [1.54, 1.807) is 0 Å². The number of hydrogen-bond donors (Lipinski definition) is 2. The van der Waals surface area contributed by atoms with Gasteiger partial charge in [0, 0.05) is 7.05 Å². The molecule has 1 aromatic heterocycles. The molecular weight excluding hydrogens is 277 g/mol. The van der Waals surface area contributed by atoms with Crippen LogP contribution in [0.1, 0.15) is 35.7 Å². The van der Waals surface area contributed by atoms with Crippen LogP contribution in [0.15, 0.2) is 10.9 Å². The van der Waals surface area contributed by atoms with E-state index in [0.717, 1.165) is 6.42 Å². The van der Waals surface area contributed by atoms with Crippen molar-refractivity contribution in [3.63, 3.8) is 0 Å². The van der Waals surface area contributed by atoms with Crippen LogP contribution < -0.4 is 10.9 Å². The highest BCUT2D eigenvalue weighted by atomic mass is 19.4. The van der Waals surface area contributed by atoms with Gasteiger partial charge in [0.15, 0.2) is 0 Å². The lowest BCUT2D eigenvalue weighted by Crippen LogP contribution is -2.25. The van der Waals surface area contributed by atoms with Crippen LogP contribution in [-0.2, 0) is 10.9 Å². The highest BCUT2D eigenvalue weighted by Gasteiger charge is 2.35. The van der Waals surface area contributed by atoms with Gasteiger partial charge in [0.1, 0.15) is 16.9 Å². The van der Waals surface area contributed by atoms with Crippen LogP contribution in [0.5, 0.6) is 0 Å². The third-order valence-corrected chi connectivity index (χ3v) is 2.55. The number of aromatic nitrogens is 1. The Morgan fingerprint density at radius 3 is 2.60 bits per heavy atom. The maximum atomic E-state index is 12.6. The van der Waals surface area contributed by atoms with Crippen molar-refractivity contribution in [1.29, 1.82) is 0 Å². The normalized spacial score (nSPS) is 11.2. The zero-order valence-electron chi connectivity index (χ0n) is 11.1. The predicted molar refractivity (Wildman–Crippen MR) is 66.8 cm³/mol. The van der Waals surface area contributed by atoms with Crippen molar-refractivity contribution >= 4 is 11.8 Å². The lowest BCUT2D eigenvalue weighted by molar-refractivity contribution is -0.138. The number of halogens is 3. The summed E-state index contributed by atoms with van der Waals surface area (Å²) in [5.41, 5.74) is -3.10. The summed E-state index contributed by atoms with van der Waals surface area (Å²) in [6, 6.07) is 0.499. The fourth-order valence-corrected chi connectivity index (χ4v) is 1.49. The Morgan fingerprint density at radius 2 is 2.10 bits per heavy atom. The molecule has 0 aromatic carbocycles. The summed E-state index contributed by atoms with van der Waals surface area (Å²) in [5.74, 6) is -1.02. The van der Waals surface area contributed by atoms with E-state index in [0.29, 0.717) is 12.5 Å². The van der Waals surface area contributed by atoms with Gasteiger partial charge in [-0.15, -0.1) is 0 Å². The molecule has 0 aliphatic rings. The van der Waals surface area contributed by atoms with Gasteiger partial charge in [0.2, 0.25) is 0 Å². The largest absolute Gasteiger partial charge is 0.462 e. The number of H-pyrrole nitrogens is 1. The van der Waals surface area contributed by atoms with E-state index >= 15 is 0 Å². The summed E-state index contributed by atoms with van der Waals surface area (Å²) in [6.07, 6.45) is -3.44. The molecule has 0 aliphatic carbocycles. The van der Waals surface area contributed by atoms with E-state index in [1.165, 1.54) is 7.05 Å². The lowest BCUT2D eigenvalue weighted by atomic mass is 10.1. The number of rotatable bonds is 5.